The summed E-state index contributed by atoms with van der Waals surface area (Å²) in [5.74, 6) is 1.01. The lowest BCUT2D eigenvalue weighted by atomic mass is 10.1. The van der Waals surface area contributed by atoms with E-state index in [2.05, 4.69) is 48.0 Å². The number of imidazole rings is 1. The van der Waals surface area contributed by atoms with Gasteiger partial charge in [-0.15, -0.1) is 0 Å². The van der Waals surface area contributed by atoms with Crippen molar-refractivity contribution in [1.29, 1.82) is 0 Å². The molecule has 0 aromatic carbocycles. The van der Waals surface area contributed by atoms with E-state index in [1.165, 1.54) is 0 Å². The Labute approximate surface area is 115 Å². The van der Waals surface area contributed by atoms with Crippen LogP contribution < -0.4 is 5.32 Å². The van der Waals surface area contributed by atoms with Crippen molar-refractivity contribution in [2.75, 3.05) is 13.1 Å². The Morgan fingerprint density at radius 2 is 2.11 bits per heavy atom. The second-order valence-corrected chi connectivity index (χ2v) is 5.45. The van der Waals surface area contributed by atoms with Gasteiger partial charge in [-0.25, -0.2) is 4.98 Å². The first-order valence-corrected chi connectivity index (χ1v) is 6.98. The van der Waals surface area contributed by atoms with Gasteiger partial charge in [-0.05, 0) is 47.9 Å². The Balaban J connectivity index is 1.95. The van der Waals surface area contributed by atoms with Crippen LogP contribution in [0.25, 0.3) is 11.4 Å². The first-order valence-electron chi connectivity index (χ1n) is 6.19. The lowest BCUT2D eigenvalue weighted by Gasteiger charge is -2.25. The van der Waals surface area contributed by atoms with Gasteiger partial charge in [-0.2, -0.15) is 0 Å². The van der Waals surface area contributed by atoms with Gasteiger partial charge >= 0.3 is 0 Å². The molecule has 1 saturated heterocycles. The fraction of sp³-hybridized carbons (Fsp3) is 0.385. The molecule has 4 nitrogen and oxygen atoms in total. The number of hydrogen-bond acceptors (Lipinski definition) is 3. The molecule has 1 N–H and O–H groups in total. The molecular weight excluding hydrogens is 292 g/mol. The van der Waals surface area contributed by atoms with Crippen LogP contribution in [0.2, 0.25) is 0 Å². The van der Waals surface area contributed by atoms with E-state index in [1.54, 1.807) is 6.20 Å². The summed E-state index contributed by atoms with van der Waals surface area (Å²) in [5, 5.41) is 3.39. The maximum absolute atomic E-state index is 4.48. The molecule has 0 aliphatic carbocycles. The molecule has 0 amide bonds. The summed E-state index contributed by atoms with van der Waals surface area (Å²) >= 11 is 3.46. The molecule has 3 rings (SSSR count). The van der Waals surface area contributed by atoms with E-state index in [0.717, 1.165) is 41.8 Å². The molecule has 0 atom stereocenters. The van der Waals surface area contributed by atoms with Crippen molar-refractivity contribution >= 4 is 15.9 Å². The van der Waals surface area contributed by atoms with Crippen molar-refractivity contribution < 1.29 is 0 Å². The summed E-state index contributed by atoms with van der Waals surface area (Å²) in [6.07, 6.45) is 9.92. The van der Waals surface area contributed by atoms with Crippen LogP contribution in [0, 0.1) is 0 Å². The first-order chi connectivity index (χ1) is 8.84. The number of nitrogens with zero attached hydrogens (tertiary/aromatic N) is 3. The normalized spacial score (nSPS) is 16.9. The van der Waals surface area contributed by atoms with Crippen molar-refractivity contribution in [3.63, 3.8) is 0 Å². The fourth-order valence-corrected chi connectivity index (χ4v) is 2.82. The van der Waals surface area contributed by atoms with Crippen molar-refractivity contribution in [1.82, 2.24) is 19.9 Å². The molecule has 18 heavy (non-hydrogen) atoms. The van der Waals surface area contributed by atoms with Crippen molar-refractivity contribution in [2.24, 2.45) is 0 Å². The third-order valence-corrected chi connectivity index (χ3v) is 3.77. The molecule has 0 radical (unpaired) electrons. The summed E-state index contributed by atoms with van der Waals surface area (Å²) in [6.45, 7) is 2.16. The number of aromatic nitrogens is 3. The standard InChI is InChI=1S/C13H15BrN4/c14-11-7-10(8-16-9-11)13-17-5-6-18(13)12-1-3-15-4-2-12/h5-9,12,15H,1-4H2. The molecule has 0 spiro atoms. The lowest BCUT2D eigenvalue weighted by Crippen LogP contribution is -2.29. The summed E-state index contributed by atoms with van der Waals surface area (Å²) < 4.78 is 3.27. The van der Waals surface area contributed by atoms with Gasteiger partial charge in [-0.1, -0.05) is 0 Å². The highest BCUT2D eigenvalue weighted by atomic mass is 79.9. The summed E-state index contributed by atoms with van der Waals surface area (Å²) in [7, 11) is 0. The highest BCUT2D eigenvalue weighted by Crippen LogP contribution is 2.26. The predicted octanol–water partition coefficient (Wildman–Crippen LogP) is 2.63. The molecule has 2 aromatic heterocycles. The highest BCUT2D eigenvalue weighted by Gasteiger charge is 2.18. The minimum Gasteiger partial charge on any atom is -0.328 e. The van der Waals surface area contributed by atoms with Crippen LogP contribution in [0.3, 0.4) is 0 Å². The summed E-state index contributed by atoms with van der Waals surface area (Å²) in [5.41, 5.74) is 1.06. The predicted molar refractivity (Wildman–Crippen MR) is 74.3 cm³/mol. The molecule has 2 aromatic rings. The molecule has 1 aliphatic heterocycles. The van der Waals surface area contributed by atoms with Gasteiger partial charge < -0.3 is 9.88 Å². The zero-order chi connectivity index (χ0) is 12.4. The molecule has 94 valence electrons. The molecule has 0 bridgehead atoms. The molecule has 1 aliphatic rings. The van der Waals surface area contributed by atoms with E-state index in [4.69, 9.17) is 0 Å². The zero-order valence-corrected chi connectivity index (χ0v) is 11.6. The van der Waals surface area contributed by atoms with E-state index in [0.29, 0.717) is 6.04 Å². The minimum absolute atomic E-state index is 0.544. The van der Waals surface area contributed by atoms with Crippen LogP contribution in [-0.2, 0) is 0 Å². The third kappa shape index (κ3) is 2.33. The van der Waals surface area contributed by atoms with Gasteiger partial charge in [0.2, 0.25) is 0 Å². The first kappa shape index (κ1) is 11.9. The van der Waals surface area contributed by atoms with Crippen LogP contribution in [0.5, 0.6) is 0 Å². The molecule has 5 heteroatoms. The third-order valence-electron chi connectivity index (χ3n) is 3.33. The van der Waals surface area contributed by atoms with Crippen LogP contribution in [0.15, 0.2) is 35.3 Å². The van der Waals surface area contributed by atoms with Gasteiger partial charge in [0.1, 0.15) is 5.82 Å². The Hall–Kier alpha value is -1.20. The van der Waals surface area contributed by atoms with Crippen LogP contribution in [0.4, 0.5) is 0 Å². The SMILES string of the molecule is Brc1cncc(-c2nccn2C2CCNCC2)c1. The number of piperidine rings is 1. The monoisotopic (exact) mass is 306 g/mol. The lowest BCUT2D eigenvalue weighted by molar-refractivity contribution is 0.370. The quantitative estimate of drug-likeness (QED) is 0.927. The molecule has 0 unspecified atom stereocenters. The molecular formula is C13H15BrN4. The van der Waals surface area contributed by atoms with Gasteiger partial charge in [0, 0.05) is 40.9 Å². The van der Waals surface area contributed by atoms with E-state index < -0.39 is 0 Å². The van der Waals surface area contributed by atoms with Crippen molar-refractivity contribution in [2.45, 2.75) is 18.9 Å². The largest absolute Gasteiger partial charge is 0.328 e. The molecule has 1 fully saturated rings. The zero-order valence-electron chi connectivity index (χ0n) is 10.0. The fourth-order valence-electron chi connectivity index (χ4n) is 2.45. The number of halogens is 1. The number of rotatable bonds is 2. The average molecular weight is 307 g/mol. The number of pyridine rings is 1. The second-order valence-electron chi connectivity index (χ2n) is 4.53. The number of nitrogens with one attached hydrogen (secondary N) is 1. The van der Waals surface area contributed by atoms with Gasteiger partial charge in [0.05, 0.1) is 0 Å². The van der Waals surface area contributed by atoms with Gasteiger partial charge in [0.15, 0.2) is 0 Å². The van der Waals surface area contributed by atoms with E-state index in [1.807, 2.05) is 12.4 Å². The van der Waals surface area contributed by atoms with Gasteiger partial charge in [0.25, 0.3) is 0 Å². The second kappa shape index (κ2) is 5.20. The van der Waals surface area contributed by atoms with E-state index >= 15 is 0 Å². The Morgan fingerprint density at radius 3 is 2.89 bits per heavy atom. The molecule has 0 saturated carbocycles. The van der Waals surface area contributed by atoms with E-state index in [-0.39, 0.29) is 0 Å². The maximum atomic E-state index is 4.48. The van der Waals surface area contributed by atoms with Crippen molar-refractivity contribution in [3.05, 3.63) is 35.3 Å². The highest BCUT2D eigenvalue weighted by molar-refractivity contribution is 9.10. The van der Waals surface area contributed by atoms with Gasteiger partial charge in [-0.3, -0.25) is 4.98 Å². The van der Waals surface area contributed by atoms with Crippen LogP contribution in [-0.4, -0.2) is 27.6 Å². The molecule has 3 heterocycles. The van der Waals surface area contributed by atoms with Crippen LogP contribution in [0.1, 0.15) is 18.9 Å². The van der Waals surface area contributed by atoms with Crippen LogP contribution >= 0.6 is 15.9 Å². The van der Waals surface area contributed by atoms with Crippen molar-refractivity contribution in [3.8, 4) is 11.4 Å². The summed E-state index contributed by atoms with van der Waals surface area (Å²) in [6, 6.07) is 2.61. The van der Waals surface area contributed by atoms with E-state index in [9.17, 15) is 0 Å². The smallest absolute Gasteiger partial charge is 0.141 e. The number of hydrogen-bond donors (Lipinski definition) is 1. The Kier molecular flexibility index (Phi) is 3.43. The minimum atomic E-state index is 0.544. The Morgan fingerprint density at radius 1 is 1.28 bits per heavy atom. The maximum Gasteiger partial charge on any atom is 0.141 e. The summed E-state index contributed by atoms with van der Waals surface area (Å²) in [4.78, 5) is 8.70. The average Bonchev–Trinajstić information content (AvgIpc) is 2.89. The topological polar surface area (TPSA) is 42.7 Å². The Bertz CT molecular complexity index is 531.